The van der Waals surface area contributed by atoms with Crippen LogP contribution in [0.15, 0.2) is 59.4 Å². The van der Waals surface area contributed by atoms with Gasteiger partial charge in [-0.15, -0.1) is 0 Å². The number of primary amides is 1. The van der Waals surface area contributed by atoms with E-state index >= 15 is 0 Å². The molecular formula is C21H18FN7O4. The van der Waals surface area contributed by atoms with Gasteiger partial charge in [-0.25, -0.2) is 14.4 Å². The third-order valence-corrected chi connectivity index (χ3v) is 4.81. The average Bonchev–Trinajstić information content (AvgIpc) is 3.45. The van der Waals surface area contributed by atoms with Crippen LogP contribution < -0.4 is 11.1 Å². The molecule has 0 radical (unpaired) electrons. The smallest absolute Gasteiger partial charge is 0.267 e. The Morgan fingerprint density at radius 2 is 2.03 bits per heavy atom. The van der Waals surface area contributed by atoms with Gasteiger partial charge < -0.3 is 20.7 Å². The van der Waals surface area contributed by atoms with Crippen molar-refractivity contribution in [2.45, 2.75) is 19.1 Å². The molecule has 0 spiro atoms. The number of nitrogens with one attached hydrogen (secondary N) is 1. The van der Waals surface area contributed by atoms with E-state index in [4.69, 9.17) is 10.3 Å². The Hall–Kier alpha value is -4.45. The van der Waals surface area contributed by atoms with E-state index in [0.29, 0.717) is 22.6 Å². The lowest BCUT2D eigenvalue weighted by Crippen LogP contribution is -2.51. The van der Waals surface area contributed by atoms with E-state index in [1.165, 1.54) is 29.3 Å². The van der Waals surface area contributed by atoms with Gasteiger partial charge in [-0.1, -0.05) is 23.4 Å². The van der Waals surface area contributed by atoms with Gasteiger partial charge >= 0.3 is 0 Å². The molecule has 4 rings (SSSR count). The fourth-order valence-electron chi connectivity index (χ4n) is 2.89. The van der Waals surface area contributed by atoms with Crippen LogP contribution in [0, 0.1) is 5.82 Å². The Morgan fingerprint density at radius 1 is 1.24 bits per heavy atom. The molecule has 168 valence electrons. The first-order chi connectivity index (χ1) is 15.8. The van der Waals surface area contributed by atoms with Crippen molar-refractivity contribution in [3.8, 4) is 22.9 Å². The second-order valence-corrected chi connectivity index (χ2v) is 7.20. The molecular weight excluding hydrogens is 433 g/mol. The van der Waals surface area contributed by atoms with Crippen LogP contribution in [-0.4, -0.2) is 47.4 Å². The van der Waals surface area contributed by atoms with Crippen LogP contribution in [0.2, 0.25) is 0 Å². The van der Waals surface area contributed by atoms with Gasteiger partial charge in [0.1, 0.15) is 29.3 Å². The van der Waals surface area contributed by atoms with E-state index in [1.54, 1.807) is 30.3 Å². The van der Waals surface area contributed by atoms with Gasteiger partial charge in [-0.05, 0) is 25.1 Å². The number of amides is 2. The van der Waals surface area contributed by atoms with Crippen LogP contribution in [0.4, 0.5) is 10.2 Å². The average molecular weight is 451 g/mol. The van der Waals surface area contributed by atoms with E-state index in [2.05, 4.69) is 25.5 Å². The summed E-state index contributed by atoms with van der Waals surface area (Å²) in [5.74, 6) is -2.50. The number of carbonyl (C=O) groups is 2. The highest BCUT2D eigenvalue weighted by molar-refractivity contribution is 6.12. The maximum atomic E-state index is 14.2. The summed E-state index contributed by atoms with van der Waals surface area (Å²) in [6, 6.07) is 10.9. The molecule has 0 aliphatic rings. The number of rotatable bonds is 7. The maximum Gasteiger partial charge on any atom is 0.267 e. The topological polar surface area (TPSA) is 162 Å². The number of carbonyl (C=O) groups excluding carboxylic acids is 2. The summed E-state index contributed by atoms with van der Waals surface area (Å²) < 4.78 is 20.7. The summed E-state index contributed by atoms with van der Waals surface area (Å²) in [4.78, 5) is 31.8. The highest BCUT2D eigenvalue weighted by atomic mass is 19.1. The number of anilines is 1. The molecule has 0 aliphatic carbocycles. The second kappa shape index (κ2) is 8.59. The first kappa shape index (κ1) is 21.8. The van der Waals surface area contributed by atoms with Crippen molar-refractivity contribution in [2.24, 2.45) is 5.73 Å². The fourth-order valence-corrected chi connectivity index (χ4v) is 2.89. The predicted molar refractivity (Wildman–Crippen MR) is 113 cm³/mol. The number of aromatic nitrogens is 5. The molecule has 0 saturated carbocycles. The molecule has 12 heteroatoms. The van der Waals surface area contributed by atoms with E-state index in [0.717, 1.165) is 6.92 Å². The highest BCUT2D eigenvalue weighted by Crippen LogP contribution is 2.25. The highest BCUT2D eigenvalue weighted by Gasteiger charge is 2.37. The quantitative estimate of drug-likeness (QED) is 0.355. The lowest BCUT2D eigenvalue weighted by atomic mass is 10.1. The summed E-state index contributed by atoms with van der Waals surface area (Å²) >= 11 is 0. The minimum Gasteiger partial charge on any atom is -0.372 e. The number of aliphatic hydroxyl groups is 1. The minimum absolute atomic E-state index is 0.0122. The second-order valence-electron chi connectivity index (χ2n) is 7.20. The van der Waals surface area contributed by atoms with Crippen LogP contribution in [0.5, 0.6) is 0 Å². The maximum absolute atomic E-state index is 14.2. The lowest BCUT2D eigenvalue weighted by Gasteiger charge is -2.17. The molecule has 1 unspecified atom stereocenters. The van der Waals surface area contributed by atoms with Crippen molar-refractivity contribution in [2.75, 3.05) is 5.32 Å². The van der Waals surface area contributed by atoms with E-state index < -0.39 is 17.4 Å². The van der Waals surface area contributed by atoms with Crippen molar-refractivity contribution >= 4 is 17.6 Å². The molecule has 0 bridgehead atoms. The van der Waals surface area contributed by atoms with Crippen LogP contribution >= 0.6 is 0 Å². The minimum atomic E-state index is -2.42. The number of halogens is 1. The fraction of sp³-hybridized carbons (Fsp3) is 0.143. The van der Waals surface area contributed by atoms with Gasteiger partial charge in [-0.3, -0.25) is 14.3 Å². The van der Waals surface area contributed by atoms with Gasteiger partial charge in [0.2, 0.25) is 5.60 Å². The van der Waals surface area contributed by atoms with Crippen LogP contribution in [-0.2, 0) is 16.1 Å². The van der Waals surface area contributed by atoms with Crippen molar-refractivity contribution in [1.29, 1.82) is 0 Å². The SMILES string of the molecule is CC(O)(C(N)=O)C(=O)Nc1ccnc(-c2cc(-c3ccon3)n(Cc3ccccc3F)n2)n1. The molecule has 1 atom stereocenters. The molecule has 4 aromatic rings. The Labute approximate surface area is 186 Å². The number of nitrogens with zero attached hydrogens (tertiary/aromatic N) is 5. The normalized spacial score (nSPS) is 12.8. The third-order valence-electron chi connectivity index (χ3n) is 4.81. The zero-order chi connectivity index (χ0) is 23.6. The summed E-state index contributed by atoms with van der Waals surface area (Å²) in [5, 5.41) is 20.6. The molecule has 3 aromatic heterocycles. The van der Waals surface area contributed by atoms with Gasteiger partial charge in [-0.2, -0.15) is 5.10 Å². The van der Waals surface area contributed by atoms with Crippen molar-refractivity contribution in [3.05, 3.63) is 66.3 Å². The lowest BCUT2D eigenvalue weighted by molar-refractivity contribution is -0.146. The Bertz CT molecular complexity index is 1320. The standard InChI is InChI=1S/C21H18FN7O4/c1-21(32,19(23)30)20(31)26-17-6-8-24-18(25-17)15-10-16(14-7-9-33-28-14)29(27-15)11-12-4-2-3-5-13(12)22/h2-10,32H,11H2,1H3,(H2,23,30)(H,24,25,26,31). The molecule has 11 nitrogen and oxygen atoms in total. The van der Waals surface area contributed by atoms with Gasteiger partial charge in [0, 0.05) is 17.8 Å². The van der Waals surface area contributed by atoms with Crippen LogP contribution in [0.3, 0.4) is 0 Å². The Morgan fingerprint density at radius 3 is 2.73 bits per heavy atom. The molecule has 3 heterocycles. The van der Waals surface area contributed by atoms with Gasteiger partial charge in [0.15, 0.2) is 5.82 Å². The first-order valence-corrected chi connectivity index (χ1v) is 9.65. The monoisotopic (exact) mass is 451 g/mol. The number of hydrogen-bond donors (Lipinski definition) is 3. The largest absolute Gasteiger partial charge is 0.372 e. The first-order valence-electron chi connectivity index (χ1n) is 9.65. The Balaban J connectivity index is 1.68. The van der Waals surface area contributed by atoms with E-state index in [-0.39, 0.29) is 24.0 Å². The molecule has 4 N–H and O–H groups in total. The number of nitrogens with two attached hydrogens (primary N) is 1. The van der Waals surface area contributed by atoms with E-state index in [1.807, 2.05) is 0 Å². The van der Waals surface area contributed by atoms with Crippen molar-refractivity contribution in [3.63, 3.8) is 0 Å². The number of hydrogen-bond acceptors (Lipinski definition) is 8. The summed E-state index contributed by atoms with van der Waals surface area (Å²) in [7, 11) is 0. The molecule has 1 aromatic carbocycles. The van der Waals surface area contributed by atoms with Crippen molar-refractivity contribution in [1.82, 2.24) is 24.9 Å². The summed E-state index contributed by atoms with van der Waals surface area (Å²) in [6.07, 6.45) is 2.76. The molecule has 2 amide bonds. The molecule has 0 aliphatic heterocycles. The summed E-state index contributed by atoms with van der Waals surface area (Å²) in [6.45, 7) is 1.08. The zero-order valence-corrected chi connectivity index (χ0v) is 17.3. The predicted octanol–water partition coefficient (Wildman–Crippen LogP) is 1.36. The van der Waals surface area contributed by atoms with Crippen LogP contribution in [0.25, 0.3) is 22.9 Å². The van der Waals surface area contributed by atoms with Crippen molar-refractivity contribution < 1.29 is 23.6 Å². The molecule has 0 fully saturated rings. The third kappa shape index (κ3) is 4.45. The summed E-state index contributed by atoms with van der Waals surface area (Å²) in [5.41, 5.74) is 4.33. The molecule has 33 heavy (non-hydrogen) atoms. The molecule has 0 saturated heterocycles. The zero-order valence-electron chi connectivity index (χ0n) is 17.3. The van der Waals surface area contributed by atoms with Gasteiger partial charge in [0.25, 0.3) is 11.8 Å². The van der Waals surface area contributed by atoms with E-state index in [9.17, 15) is 19.1 Å². The van der Waals surface area contributed by atoms with Crippen LogP contribution in [0.1, 0.15) is 12.5 Å². The number of benzene rings is 1. The van der Waals surface area contributed by atoms with Gasteiger partial charge in [0.05, 0.1) is 12.2 Å². The Kier molecular flexibility index (Phi) is 5.67.